The van der Waals surface area contributed by atoms with Crippen LogP contribution in [0.25, 0.3) is 0 Å². The van der Waals surface area contributed by atoms with Gasteiger partial charge in [-0.1, -0.05) is 12.8 Å². The predicted molar refractivity (Wildman–Crippen MR) is 55.3 cm³/mol. The smallest absolute Gasteiger partial charge is 0.317 e. The monoisotopic (exact) mass is 198 g/mol. The lowest BCUT2D eigenvalue weighted by Gasteiger charge is -2.27. The molecular formula is C9H18N4O. The first-order valence-corrected chi connectivity index (χ1v) is 4.96. The number of amidine groups is 1. The number of hydrogen-bond acceptors (Lipinski definition) is 2. The molecule has 80 valence electrons. The average molecular weight is 198 g/mol. The number of rotatable bonds is 3. The van der Waals surface area contributed by atoms with Crippen molar-refractivity contribution in [1.82, 2.24) is 10.2 Å². The minimum atomic E-state index is -0.132. The Bertz CT molecular complexity index is 223. The zero-order chi connectivity index (χ0) is 10.6. The van der Waals surface area contributed by atoms with E-state index in [1.54, 1.807) is 11.9 Å². The van der Waals surface area contributed by atoms with Crippen molar-refractivity contribution in [2.45, 2.75) is 31.7 Å². The van der Waals surface area contributed by atoms with Crippen molar-refractivity contribution in [3.63, 3.8) is 0 Å². The van der Waals surface area contributed by atoms with Crippen LogP contribution < -0.4 is 11.1 Å². The highest BCUT2D eigenvalue weighted by Gasteiger charge is 2.26. The van der Waals surface area contributed by atoms with E-state index >= 15 is 0 Å². The number of carbonyl (C=O) groups is 1. The molecule has 0 radical (unpaired) electrons. The molecule has 5 nitrogen and oxygen atoms in total. The summed E-state index contributed by atoms with van der Waals surface area (Å²) in [5, 5.41) is 9.80. The molecule has 0 aromatic rings. The lowest BCUT2D eigenvalue weighted by molar-refractivity contribution is 0.187. The van der Waals surface area contributed by atoms with Crippen molar-refractivity contribution in [1.29, 1.82) is 5.41 Å². The van der Waals surface area contributed by atoms with E-state index < -0.39 is 0 Å². The van der Waals surface area contributed by atoms with Gasteiger partial charge < -0.3 is 16.0 Å². The molecule has 1 aliphatic rings. The fourth-order valence-electron chi connectivity index (χ4n) is 1.91. The fraction of sp³-hybridized carbons (Fsp3) is 0.778. The normalized spacial score (nSPS) is 16.6. The summed E-state index contributed by atoms with van der Waals surface area (Å²) in [4.78, 5) is 13.2. The van der Waals surface area contributed by atoms with Gasteiger partial charge in [-0.25, -0.2) is 4.79 Å². The van der Waals surface area contributed by atoms with Crippen LogP contribution in [0.1, 0.15) is 25.7 Å². The minimum Gasteiger partial charge on any atom is -0.386 e. The van der Waals surface area contributed by atoms with Gasteiger partial charge in [-0.15, -0.1) is 0 Å². The Morgan fingerprint density at radius 3 is 2.57 bits per heavy atom. The first-order valence-electron chi connectivity index (χ1n) is 4.96. The molecule has 1 fully saturated rings. The summed E-state index contributed by atoms with van der Waals surface area (Å²) in [6.07, 6.45) is 4.38. The van der Waals surface area contributed by atoms with Gasteiger partial charge in [-0.05, 0) is 12.8 Å². The van der Waals surface area contributed by atoms with E-state index in [2.05, 4.69) is 5.32 Å². The van der Waals surface area contributed by atoms with Crippen LogP contribution in [-0.4, -0.2) is 36.4 Å². The zero-order valence-corrected chi connectivity index (χ0v) is 8.55. The van der Waals surface area contributed by atoms with E-state index in [0.717, 1.165) is 25.7 Å². The minimum absolute atomic E-state index is 0.0421. The van der Waals surface area contributed by atoms with Gasteiger partial charge in [-0.3, -0.25) is 5.41 Å². The van der Waals surface area contributed by atoms with Crippen molar-refractivity contribution in [2.24, 2.45) is 5.73 Å². The number of nitrogens with one attached hydrogen (secondary N) is 2. The maximum absolute atomic E-state index is 11.5. The van der Waals surface area contributed by atoms with Crippen molar-refractivity contribution in [3.05, 3.63) is 0 Å². The third kappa shape index (κ3) is 2.61. The molecular weight excluding hydrogens is 180 g/mol. The Morgan fingerprint density at radius 1 is 1.57 bits per heavy atom. The van der Waals surface area contributed by atoms with Crippen LogP contribution in [0.2, 0.25) is 0 Å². The second-order valence-electron chi connectivity index (χ2n) is 3.65. The quantitative estimate of drug-likeness (QED) is 0.456. The molecule has 1 aliphatic carbocycles. The van der Waals surface area contributed by atoms with Crippen LogP contribution in [0.5, 0.6) is 0 Å². The number of carbonyl (C=O) groups excluding carboxylic acids is 1. The summed E-state index contributed by atoms with van der Waals surface area (Å²) in [5.74, 6) is 0.0421. The van der Waals surface area contributed by atoms with Gasteiger partial charge >= 0.3 is 6.03 Å². The molecule has 0 aromatic heterocycles. The Labute approximate surface area is 84.1 Å². The molecule has 0 aromatic carbocycles. The maximum atomic E-state index is 11.5. The third-order valence-electron chi connectivity index (χ3n) is 2.58. The lowest BCUT2D eigenvalue weighted by atomic mass is 10.2. The van der Waals surface area contributed by atoms with Gasteiger partial charge in [0, 0.05) is 13.1 Å². The molecule has 14 heavy (non-hydrogen) atoms. The highest BCUT2D eigenvalue weighted by Crippen LogP contribution is 2.23. The van der Waals surface area contributed by atoms with Crippen LogP contribution in [0.3, 0.4) is 0 Å². The first-order chi connectivity index (χ1) is 6.65. The van der Waals surface area contributed by atoms with Crippen molar-refractivity contribution in [2.75, 3.05) is 13.6 Å². The van der Waals surface area contributed by atoms with Gasteiger partial charge in [0.15, 0.2) is 0 Å². The van der Waals surface area contributed by atoms with E-state index in [-0.39, 0.29) is 24.5 Å². The molecule has 0 bridgehead atoms. The molecule has 4 N–H and O–H groups in total. The van der Waals surface area contributed by atoms with E-state index in [1.807, 2.05) is 0 Å². The van der Waals surface area contributed by atoms with Gasteiger partial charge in [-0.2, -0.15) is 0 Å². The summed E-state index contributed by atoms with van der Waals surface area (Å²) in [5.41, 5.74) is 5.32. The molecule has 0 aliphatic heterocycles. The highest BCUT2D eigenvalue weighted by atomic mass is 16.2. The van der Waals surface area contributed by atoms with Crippen LogP contribution in [-0.2, 0) is 0 Å². The summed E-state index contributed by atoms with van der Waals surface area (Å²) in [7, 11) is 1.60. The molecule has 1 rings (SSSR count). The van der Waals surface area contributed by atoms with Crippen LogP contribution >= 0.6 is 0 Å². The largest absolute Gasteiger partial charge is 0.386 e. The number of amides is 2. The summed E-state index contributed by atoms with van der Waals surface area (Å²) in [6.45, 7) is 0.240. The van der Waals surface area contributed by atoms with Gasteiger partial charge in [0.1, 0.15) is 5.84 Å². The topological polar surface area (TPSA) is 82.2 Å². The molecule has 0 spiro atoms. The molecule has 5 heteroatoms. The van der Waals surface area contributed by atoms with Crippen LogP contribution in [0.15, 0.2) is 0 Å². The van der Waals surface area contributed by atoms with Gasteiger partial charge in [0.05, 0.1) is 6.54 Å². The van der Waals surface area contributed by atoms with Crippen molar-refractivity contribution < 1.29 is 4.79 Å². The Morgan fingerprint density at radius 2 is 2.14 bits per heavy atom. The van der Waals surface area contributed by atoms with E-state index in [0.29, 0.717) is 0 Å². The fourth-order valence-corrected chi connectivity index (χ4v) is 1.91. The molecule has 2 amide bonds. The molecule has 0 unspecified atom stereocenters. The molecule has 1 saturated carbocycles. The van der Waals surface area contributed by atoms with E-state index in [4.69, 9.17) is 11.1 Å². The van der Waals surface area contributed by atoms with E-state index in [9.17, 15) is 4.79 Å². The molecule has 0 atom stereocenters. The van der Waals surface area contributed by atoms with Crippen LogP contribution in [0, 0.1) is 5.41 Å². The second-order valence-corrected chi connectivity index (χ2v) is 3.65. The summed E-state index contributed by atoms with van der Waals surface area (Å²) in [6, 6.07) is 0.131. The summed E-state index contributed by atoms with van der Waals surface area (Å²) >= 11 is 0. The van der Waals surface area contributed by atoms with Gasteiger partial charge in [0.2, 0.25) is 0 Å². The van der Waals surface area contributed by atoms with Crippen molar-refractivity contribution in [3.8, 4) is 0 Å². The Balaban J connectivity index is 2.59. The van der Waals surface area contributed by atoms with E-state index in [1.165, 1.54) is 0 Å². The Hall–Kier alpha value is -1.26. The lowest BCUT2D eigenvalue weighted by Crippen LogP contribution is -2.47. The maximum Gasteiger partial charge on any atom is 0.317 e. The number of nitrogens with two attached hydrogens (primary N) is 1. The SMILES string of the molecule is CNC(=O)N(CC(=N)N)C1CCCC1. The number of nitrogens with zero attached hydrogens (tertiary/aromatic N) is 1. The van der Waals surface area contributed by atoms with Crippen molar-refractivity contribution >= 4 is 11.9 Å². The van der Waals surface area contributed by atoms with Crippen LogP contribution in [0.4, 0.5) is 4.79 Å². The molecule has 0 heterocycles. The standard InChI is InChI=1S/C9H18N4O/c1-12-9(14)13(6-8(10)11)7-4-2-3-5-7/h7H,2-6H2,1H3,(H3,10,11)(H,12,14). The third-order valence-corrected chi connectivity index (χ3v) is 2.58. The molecule has 0 saturated heterocycles. The highest BCUT2D eigenvalue weighted by molar-refractivity contribution is 5.84. The number of urea groups is 1. The average Bonchev–Trinajstić information content (AvgIpc) is 2.65. The first kappa shape index (κ1) is 10.8. The summed E-state index contributed by atoms with van der Waals surface area (Å²) < 4.78 is 0. The zero-order valence-electron chi connectivity index (χ0n) is 8.55. The predicted octanol–water partition coefficient (Wildman–Crippen LogP) is 0.506. The van der Waals surface area contributed by atoms with Gasteiger partial charge in [0.25, 0.3) is 0 Å². The Kier molecular flexibility index (Phi) is 3.73. The number of hydrogen-bond donors (Lipinski definition) is 3. The second kappa shape index (κ2) is 4.83.